The van der Waals surface area contributed by atoms with E-state index in [0.717, 1.165) is 11.3 Å². The number of carbonyl (C=O) groups excluding carboxylic acids is 2. The van der Waals surface area contributed by atoms with Gasteiger partial charge in [0, 0.05) is 5.38 Å². The minimum atomic E-state index is -5.08. The number of nitrogen functional groups attached to an aromatic ring is 1. The van der Waals surface area contributed by atoms with E-state index in [2.05, 4.69) is 20.3 Å². The van der Waals surface area contributed by atoms with Gasteiger partial charge in [0.05, 0.1) is 12.6 Å². The Bertz CT molecular complexity index is 795. The maximum Gasteiger partial charge on any atom is 1.00 e. The molecule has 1 fully saturated rings. The molecule has 0 unspecified atom stereocenters. The van der Waals surface area contributed by atoms with Crippen molar-refractivity contribution in [3.8, 4) is 0 Å². The fourth-order valence-corrected chi connectivity index (χ4v) is 3.44. The molecule has 4 N–H and O–H groups in total. The number of nitrogens with zero attached hydrogens (tertiary/aromatic N) is 3. The first-order valence-corrected chi connectivity index (χ1v) is 8.48. The van der Waals surface area contributed by atoms with Crippen LogP contribution in [0.3, 0.4) is 0 Å². The Morgan fingerprint density at radius 2 is 2.28 bits per heavy atom. The van der Waals surface area contributed by atoms with Crippen molar-refractivity contribution in [2.75, 3.05) is 19.5 Å². The Labute approximate surface area is 168 Å². The molecule has 0 aromatic carbocycles. The third-order valence-corrected chi connectivity index (χ3v) is 4.65. The van der Waals surface area contributed by atoms with Gasteiger partial charge in [-0.1, -0.05) is 5.16 Å². The van der Waals surface area contributed by atoms with E-state index in [0.29, 0.717) is 0 Å². The van der Waals surface area contributed by atoms with E-state index in [1.165, 1.54) is 12.5 Å². The van der Waals surface area contributed by atoms with Crippen molar-refractivity contribution < 1.29 is 62.1 Å². The third-order valence-electron chi connectivity index (χ3n) is 3.05. The van der Waals surface area contributed by atoms with Crippen LogP contribution in [0.2, 0.25) is 0 Å². The number of anilines is 1. The molecule has 0 radical (unpaired) electrons. The molecular formula is C10H12N5NaO7S2. The van der Waals surface area contributed by atoms with Gasteiger partial charge >= 0.3 is 29.6 Å². The number of hydrogen-bond acceptors (Lipinski definition) is 11. The van der Waals surface area contributed by atoms with E-state index >= 15 is 0 Å². The van der Waals surface area contributed by atoms with E-state index in [1.807, 2.05) is 0 Å². The van der Waals surface area contributed by atoms with Crippen LogP contribution in [0, 0.1) is 0 Å². The number of amides is 2. The summed E-state index contributed by atoms with van der Waals surface area (Å²) in [7, 11) is -3.90. The van der Waals surface area contributed by atoms with Gasteiger partial charge in [0.2, 0.25) is 0 Å². The number of β-lactam (4-membered cyclic amide) rings is 1. The Kier molecular flexibility index (Phi) is 7.30. The number of nitrogens with two attached hydrogens (primary N) is 1. The van der Waals surface area contributed by atoms with Crippen LogP contribution in [0.25, 0.3) is 0 Å². The molecule has 1 aromatic heterocycles. The molecule has 25 heavy (non-hydrogen) atoms. The van der Waals surface area contributed by atoms with Gasteiger partial charge in [-0.25, -0.2) is 17.7 Å². The van der Waals surface area contributed by atoms with Crippen LogP contribution in [0.15, 0.2) is 10.5 Å². The first-order chi connectivity index (χ1) is 11.2. The molecule has 0 spiro atoms. The normalized spacial score (nSPS) is 20.5. The van der Waals surface area contributed by atoms with Crippen molar-refractivity contribution in [1.29, 1.82) is 0 Å². The number of aliphatic hydroxyl groups excluding tert-OH is 1. The summed E-state index contributed by atoms with van der Waals surface area (Å²) in [5, 5.41) is 16.4. The maximum atomic E-state index is 12.2. The number of nitrogens with one attached hydrogen (secondary N) is 1. The summed E-state index contributed by atoms with van der Waals surface area (Å²) in [6, 6.07) is -2.79. The second kappa shape index (κ2) is 8.39. The topological polar surface area (TPSA) is 187 Å². The van der Waals surface area contributed by atoms with Crippen LogP contribution in [0.1, 0.15) is 5.69 Å². The van der Waals surface area contributed by atoms with E-state index < -0.39 is 40.8 Å². The minimum Gasteiger partial charge on any atom is -0.731 e. The molecule has 12 nitrogen and oxygen atoms in total. The zero-order valence-corrected chi connectivity index (χ0v) is 16.7. The summed E-state index contributed by atoms with van der Waals surface area (Å²) in [5.74, 6) is -2.08. The fraction of sp³-hybridized carbons (Fsp3) is 0.400. The van der Waals surface area contributed by atoms with Gasteiger partial charge in [0.1, 0.15) is 18.8 Å². The summed E-state index contributed by atoms with van der Waals surface area (Å²) in [4.78, 5) is 32.4. The van der Waals surface area contributed by atoms with E-state index in [9.17, 15) is 22.6 Å². The van der Waals surface area contributed by atoms with Crippen LogP contribution in [0.4, 0.5) is 5.13 Å². The summed E-state index contributed by atoms with van der Waals surface area (Å²) >= 11 is 1.04. The summed E-state index contributed by atoms with van der Waals surface area (Å²) < 4.78 is 32.8. The van der Waals surface area contributed by atoms with Crippen molar-refractivity contribution in [2.45, 2.75) is 12.1 Å². The molecule has 132 valence electrons. The standard InChI is InChI=1S/C10H13N5O7S2.Na/c1-22-14-6(4-3-23-10(11)12-4)8(17)13-7-5(2-16)15(9(7)18)24(19,20)21;/h3,5,7,16H,2H2,1H3,(H2,11,12)(H,13,17)(H,19,20,21);/q;+1/p-1/t5-,7+;/m0./s1. The van der Waals surface area contributed by atoms with Crippen LogP contribution >= 0.6 is 11.3 Å². The van der Waals surface area contributed by atoms with Crippen molar-refractivity contribution in [1.82, 2.24) is 14.6 Å². The third kappa shape index (κ3) is 4.46. The quantitative estimate of drug-likeness (QED) is 0.137. The number of rotatable bonds is 6. The van der Waals surface area contributed by atoms with Gasteiger partial charge in [-0.05, 0) is 0 Å². The number of thiazole rings is 1. The largest absolute Gasteiger partial charge is 1.00 e. The molecule has 0 saturated carbocycles. The Hall–Kier alpha value is -1.29. The van der Waals surface area contributed by atoms with Crippen molar-refractivity contribution in [2.24, 2.45) is 5.16 Å². The van der Waals surface area contributed by atoms with Crippen molar-refractivity contribution in [3.63, 3.8) is 0 Å². The number of carbonyl (C=O) groups is 2. The number of aromatic nitrogens is 1. The first-order valence-electron chi connectivity index (χ1n) is 6.24. The molecule has 2 atom stereocenters. The zero-order chi connectivity index (χ0) is 18.1. The molecule has 0 aliphatic carbocycles. The molecule has 0 bridgehead atoms. The van der Waals surface area contributed by atoms with Gasteiger partial charge in [-0.3, -0.25) is 9.59 Å². The van der Waals surface area contributed by atoms with Gasteiger partial charge < -0.3 is 25.5 Å². The number of aliphatic hydroxyl groups is 1. The monoisotopic (exact) mass is 401 g/mol. The molecule has 1 aliphatic rings. The van der Waals surface area contributed by atoms with Gasteiger partial charge in [0.15, 0.2) is 21.1 Å². The Morgan fingerprint density at radius 1 is 1.64 bits per heavy atom. The first kappa shape index (κ1) is 21.8. The van der Waals surface area contributed by atoms with Crippen molar-refractivity contribution >= 4 is 44.3 Å². The predicted octanol–water partition coefficient (Wildman–Crippen LogP) is -5.77. The van der Waals surface area contributed by atoms with Crippen LogP contribution in [-0.2, 0) is 24.7 Å². The molecule has 2 rings (SSSR count). The van der Waals surface area contributed by atoms with Gasteiger partial charge in [0.25, 0.3) is 11.8 Å². The molecule has 2 amide bonds. The van der Waals surface area contributed by atoms with Gasteiger partial charge in [-0.2, -0.15) is 0 Å². The molecule has 1 aromatic rings. The maximum absolute atomic E-state index is 12.2. The molecule has 2 heterocycles. The molecule has 15 heteroatoms. The molecular weight excluding hydrogens is 389 g/mol. The van der Waals surface area contributed by atoms with Crippen molar-refractivity contribution in [3.05, 3.63) is 11.1 Å². The Balaban J connectivity index is 0.00000312. The summed E-state index contributed by atoms with van der Waals surface area (Å²) in [6.07, 6.45) is 0. The van der Waals surface area contributed by atoms with Gasteiger partial charge in [-0.15, -0.1) is 11.3 Å². The average Bonchev–Trinajstić information content (AvgIpc) is 2.91. The number of hydrogen-bond donors (Lipinski definition) is 3. The predicted molar refractivity (Wildman–Crippen MR) is 79.4 cm³/mol. The summed E-state index contributed by atoms with van der Waals surface area (Å²) in [6.45, 7) is -0.835. The van der Waals surface area contributed by atoms with E-state index in [4.69, 9.17) is 10.8 Å². The second-order valence-electron chi connectivity index (χ2n) is 4.49. The molecule has 1 saturated heterocycles. The zero-order valence-electron chi connectivity index (χ0n) is 13.1. The summed E-state index contributed by atoms with van der Waals surface area (Å²) in [5.41, 5.74) is 5.24. The van der Waals surface area contributed by atoms with E-state index in [-0.39, 0.29) is 50.4 Å². The van der Waals surface area contributed by atoms with Crippen LogP contribution in [0.5, 0.6) is 0 Å². The average molecular weight is 401 g/mol. The fourth-order valence-electron chi connectivity index (χ4n) is 2.03. The Morgan fingerprint density at radius 3 is 2.72 bits per heavy atom. The minimum absolute atomic E-state index is 0. The number of oxime groups is 1. The van der Waals surface area contributed by atoms with Crippen LogP contribution < -0.4 is 40.6 Å². The smallest absolute Gasteiger partial charge is 0.731 e. The van der Waals surface area contributed by atoms with E-state index in [1.54, 1.807) is 0 Å². The second-order valence-corrected chi connectivity index (χ2v) is 6.62. The van der Waals surface area contributed by atoms with Crippen LogP contribution in [-0.4, -0.2) is 70.7 Å². The molecule has 1 aliphatic heterocycles. The SMILES string of the molecule is CON=C(C(=O)N[C@H]1C(=O)N(S(=O)(=O)[O-])[C@H]1CO)c1csc(N)n1.[Na+].